The van der Waals surface area contributed by atoms with Crippen LogP contribution in [0.4, 0.5) is 0 Å². The zero-order valence-corrected chi connectivity index (χ0v) is 11.1. The van der Waals surface area contributed by atoms with E-state index in [0.29, 0.717) is 32.6 Å². The van der Waals surface area contributed by atoms with Crippen LogP contribution in [-0.2, 0) is 11.3 Å². The molecule has 3 N–H and O–H groups in total. The molecule has 5 heteroatoms. The fourth-order valence-electron chi connectivity index (χ4n) is 1.85. The zero-order valence-electron chi connectivity index (χ0n) is 11.1. The number of amides is 1. The van der Waals surface area contributed by atoms with Gasteiger partial charge in [0.1, 0.15) is 13.2 Å². The summed E-state index contributed by atoms with van der Waals surface area (Å²) in [6.45, 7) is 3.54. The summed E-state index contributed by atoms with van der Waals surface area (Å²) in [6.07, 6.45) is 1.16. The number of ether oxygens (including phenoxy) is 2. The van der Waals surface area contributed by atoms with Crippen LogP contribution in [0, 0.1) is 0 Å². The first-order valence-corrected chi connectivity index (χ1v) is 6.56. The normalized spacial score (nSPS) is 14.8. The first-order valence-electron chi connectivity index (χ1n) is 6.56. The van der Waals surface area contributed by atoms with E-state index in [0.717, 1.165) is 17.1 Å². The van der Waals surface area contributed by atoms with Gasteiger partial charge in [-0.05, 0) is 31.0 Å². The molecule has 0 saturated carbocycles. The molecule has 0 aliphatic carbocycles. The lowest BCUT2D eigenvalue weighted by atomic mass is 10.1. The van der Waals surface area contributed by atoms with Gasteiger partial charge in [0.25, 0.3) is 0 Å². The molecule has 1 aliphatic heterocycles. The Morgan fingerprint density at radius 3 is 2.84 bits per heavy atom. The Morgan fingerprint density at radius 1 is 1.37 bits per heavy atom. The van der Waals surface area contributed by atoms with Gasteiger partial charge in [-0.2, -0.15) is 0 Å². The molecule has 1 unspecified atom stereocenters. The molecule has 1 amide bonds. The Labute approximate surface area is 113 Å². The van der Waals surface area contributed by atoms with E-state index in [1.165, 1.54) is 0 Å². The maximum absolute atomic E-state index is 11.6. The molecular formula is C14H20N2O3. The average Bonchev–Trinajstić information content (AvgIpc) is 2.42. The minimum Gasteiger partial charge on any atom is -0.486 e. The second kappa shape index (κ2) is 6.43. The maximum atomic E-state index is 11.6. The van der Waals surface area contributed by atoms with Crippen LogP contribution in [0.1, 0.15) is 25.3 Å². The fourth-order valence-corrected chi connectivity index (χ4v) is 1.85. The quantitative estimate of drug-likeness (QED) is 0.838. The number of hydrogen-bond donors (Lipinski definition) is 2. The highest BCUT2D eigenvalue weighted by molar-refractivity contribution is 5.75. The molecule has 1 aromatic rings. The summed E-state index contributed by atoms with van der Waals surface area (Å²) < 4.78 is 10.9. The summed E-state index contributed by atoms with van der Waals surface area (Å²) >= 11 is 0. The number of rotatable bonds is 5. The van der Waals surface area contributed by atoms with E-state index >= 15 is 0 Å². The molecule has 104 valence electrons. The lowest BCUT2D eigenvalue weighted by Crippen LogP contribution is -2.25. The van der Waals surface area contributed by atoms with Crippen molar-refractivity contribution in [3.63, 3.8) is 0 Å². The largest absolute Gasteiger partial charge is 0.486 e. The van der Waals surface area contributed by atoms with Crippen LogP contribution in [-0.4, -0.2) is 25.2 Å². The van der Waals surface area contributed by atoms with E-state index in [-0.39, 0.29) is 11.9 Å². The van der Waals surface area contributed by atoms with Crippen LogP contribution in [0.3, 0.4) is 0 Å². The zero-order chi connectivity index (χ0) is 13.7. The smallest absolute Gasteiger partial charge is 0.220 e. The third kappa shape index (κ3) is 4.13. The van der Waals surface area contributed by atoms with E-state index in [2.05, 4.69) is 5.32 Å². The predicted octanol–water partition coefficient (Wildman–Crippen LogP) is 1.20. The van der Waals surface area contributed by atoms with Crippen molar-refractivity contribution in [3.8, 4) is 11.5 Å². The van der Waals surface area contributed by atoms with Gasteiger partial charge in [-0.25, -0.2) is 0 Å². The summed E-state index contributed by atoms with van der Waals surface area (Å²) in [5.41, 5.74) is 6.61. The topological polar surface area (TPSA) is 73.6 Å². The number of carbonyl (C=O) groups excluding carboxylic acids is 1. The van der Waals surface area contributed by atoms with Crippen molar-refractivity contribution in [2.24, 2.45) is 5.73 Å². The van der Waals surface area contributed by atoms with Gasteiger partial charge in [0.05, 0.1) is 0 Å². The van der Waals surface area contributed by atoms with Crippen LogP contribution < -0.4 is 20.5 Å². The van der Waals surface area contributed by atoms with Crippen LogP contribution in [0.25, 0.3) is 0 Å². The predicted molar refractivity (Wildman–Crippen MR) is 72.2 cm³/mol. The SMILES string of the molecule is CC(N)CCC(=O)NCc1ccc2c(c1)OCCO2. The minimum atomic E-state index is 0.0205. The van der Waals surface area contributed by atoms with Gasteiger partial charge in [-0.1, -0.05) is 6.07 Å². The highest BCUT2D eigenvalue weighted by Crippen LogP contribution is 2.30. The van der Waals surface area contributed by atoms with Crippen molar-refractivity contribution in [1.29, 1.82) is 0 Å². The number of nitrogens with one attached hydrogen (secondary N) is 1. The van der Waals surface area contributed by atoms with Crippen molar-refractivity contribution in [2.45, 2.75) is 32.4 Å². The number of carbonyl (C=O) groups is 1. The molecule has 1 atom stereocenters. The molecule has 1 aliphatic rings. The van der Waals surface area contributed by atoms with Gasteiger partial charge in [-0.15, -0.1) is 0 Å². The van der Waals surface area contributed by atoms with Crippen LogP contribution >= 0.6 is 0 Å². The Kier molecular flexibility index (Phi) is 4.63. The minimum absolute atomic E-state index is 0.0205. The third-order valence-corrected chi connectivity index (χ3v) is 2.92. The number of fused-ring (bicyclic) bond motifs is 1. The third-order valence-electron chi connectivity index (χ3n) is 2.92. The molecule has 1 aromatic carbocycles. The standard InChI is InChI=1S/C14H20N2O3/c1-10(15)2-5-14(17)16-9-11-3-4-12-13(8-11)19-7-6-18-12/h3-4,8,10H,2,5-7,9,15H2,1H3,(H,16,17). The van der Waals surface area contributed by atoms with Gasteiger partial charge in [0.15, 0.2) is 11.5 Å². The molecule has 0 spiro atoms. The van der Waals surface area contributed by atoms with Crippen molar-refractivity contribution < 1.29 is 14.3 Å². The molecule has 0 radical (unpaired) electrons. The van der Waals surface area contributed by atoms with E-state index in [1.807, 2.05) is 25.1 Å². The summed E-state index contributed by atoms with van der Waals surface area (Å²) in [7, 11) is 0. The second-order valence-corrected chi connectivity index (χ2v) is 4.77. The van der Waals surface area contributed by atoms with E-state index in [4.69, 9.17) is 15.2 Å². The Balaban J connectivity index is 1.84. The molecule has 1 heterocycles. The maximum Gasteiger partial charge on any atom is 0.220 e. The van der Waals surface area contributed by atoms with Gasteiger partial charge < -0.3 is 20.5 Å². The summed E-state index contributed by atoms with van der Waals surface area (Å²) in [5.74, 6) is 1.53. The van der Waals surface area contributed by atoms with Crippen LogP contribution in [0.15, 0.2) is 18.2 Å². The number of nitrogens with two attached hydrogens (primary N) is 1. The molecule has 0 aromatic heterocycles. The number of hydrogen-bond acceptors (Lipinski definition) is 4. The van der Waals surface area contributed by atoms with Crippen molar-refractivity contribution in [2.75, 3.05) is 13.2 Å². The lowest BCUT2D eigenvalue weighted by molar-refractivity contribution is -0.121. The molecule has 0 bridgehead atoms. The lowest BCUT2D eigenvalue weighted by Gasteiger charge is -2.19. The van der Waals surface area contributed by atoms with Gasteiger partial charge in [-0.3, -0.25) is 4.79 Å². The molecule has 2 rings (SSSR count). The Morgan fingerprint density at radius 2 is 2.11 bits per heavy atom. The molecule has 0 saturated heterocycles. The van der Waals surface area contributed by atoms with E-state index in [1.54, 1.807) is 0 Å². The van der Waals surface area contributed by atoms with E-state index < -0.39 is 0 Å². The monoisotopic (exact) mass is 264 g/mol. The number of benzene rings is 1. The summed E-state index contributed by atoms with van der Waals surface area (Å²) in [5, 5.41) is 2.87. The van der Waals surface area contributed by atoms with Crippen molar-refractivity contribution in [1.82, 2.24) is 5.32 Å². The van der Waals surface area contributed by atoms with Crippen molar-refractivity contribution in [3.05, 3.63) is 23.8 Å². The van der Waals surface area contributed by atoms with Gasteiger partial charge in [0.2, 0.25) is 5.91 Å². The molecule has 19 heavy (non-hydrogen) atoms. The highest BCUT2D eigenvalue weighted by Gasteiger charge is 2.12. The van der Waals surface area contributed by atoms with Gasteiger partial charge >= 0.3 is 0 Å². The van der Waals surface area contributed by atoms with Crippen LogP contribution in [0.2, 0.25) is 0 Å². The highest BCUT2D eigenvalue weighted by atomic mass is 16.6. The Hall–Kier alpha value is -1.75. The van der Waals surface area contributed by atoms with Crippen molar-refractivity contribution >= 4 is 5.91 Å². The fraction of sp³-hybridized carbons (Fsp3) is 0.500. The molecule has 0 fully saturated rings. The molecule has 5 nitrogen and oxygen atoms in total. The second-order valence-electron chi connectivity index (χ2n) is 4.77. The summed E-state index contributed by atoms with van der Waals surface area (Å²) in [4.78, 5) is 11.6. The average molecular weight is 264 g/mol. The van der Waals surface area contributed by atoms with Gasteiger partial charge in [0, 0.05) is 19.0 Å². The van der Waals surface area contributed by atoms with Crippen LogP contribution in [0.5, 0.6) is 11.5 Å². The summed E-state index contributed by atoms with van der Waals surface area (Å²) in [6, 6.07) is 5.76. The van der Waals surface area contributed by atoms with E-state index in [9.17, 15) is 4.79 Å². The Bertz CT molecular complexity index is 446. The first kappa shape index (κ1) is 13.7. The molecular weight excluding hydrogens is 244 g/mol. The first-order chi connectivity index (χ1) is 9.15.